The quantitative estimate of drug-likeness (QED) is 0.0262. The number of hydrogen-bond donors (Lipinski definition) is 0. The van der Waals surface area contributed by atoms with Crippen molar-refractivity contribution in [1.29, 1.82) is 0 Å². The molecule has 0 aromatic carbocycles. The average molecular weight is 859 g/mol. The van der Waals surface area contributed by atoms with Crippen LogP contribution < -0.4 is 0 Å². The summed E-state index contributed by atoms with van der Waals surface area (Å²) >= 11 is 0. The lowest BCUT2D eigenvalue weighted by Gasteiger charge is -2.18. The second-order valence-electron chi connectivity index (χ2n) is 18.1. The van der Waals surface area contributed by atoms with Crippen LogP contribution in [0.3, 0.4) is 0 Å². The second kappa shape index (κ2) is 50.5. The van der Waals surface area contributed by atoms with Gasteiger partial charge in [0.2, 0.25) is 0 Å². The van der Waals surface area contributed by atoms with Crippen LogP contribution in [0.15, 0.2) is 24.3 Å². The van der Waals surface area contributed by atoms with Gasteiger partial charge in [0.15, 0.2) is 6.10 Å². The molecule has 1 unspecified atom stereocenters. The van der Waals surface area contributed by atoms with Gasteiger partial charge in [0.1, 0.15) is 13.2 Å². The molecule has 0 aliphatic rings. The average Bonchev–Trinajstić information content (AvgIpc) is 3.26. The molecule has 6 nitrogen and oxygen atoms in total. The van der Waals surface area contributed by atoms with E-state index < -0.39 is 6.10 Å². The highest BCUT2D eigenvalue weighted by molar-refractivity contribution is 5.71. The van der Waals surface area contributed by atoms with Gasteiger partial charge in [-0.05, 0) is 64.2 Å². The van der Waals surface area contributed by atoms with Crippen molar-refractivity contribution >= 4 is 17.9 Å². The van der Waals surface area contributed by atoms with E-state index in [0.717, 1.165) is 77.0 Å². The Labute approximate surface area is 379 Å². The lowest BCUT2D eigenvalue weighted by atomic mass is 10.0. The molecule has 0 rings (SSSR count). The minimum atomic E-state index is -0.772. The van der Waals surface area contributed by atoms with Gasteiger partial charge in [-0.25, -0.2) is 0 Å². The van der Waals surface area contributed by atoms with E-state index in [4.69, 9.17) is 14.2 Å². The van der Waals surface area contributed by atoms with Crippen molar-refractivity contribution in [2.75, 3.05) is 13.2 Å². The standard InChI is InChI=1S/C55H102O6/c1-4-7-10-13-16-19-22-24-26-27-28-29-30-32-33-36-39-42-45-48-54(57)60-51-52(50-59-53(56)47-44-41-38-35-21-18-15-12-9-6-3)61-55(58)49-46-43-40-37-34-31-25-23-20-17-14-11-8-5-2/h15,18,27-28,52H,4-14,16-17,19-26,29-51H2,1-3H3/b18-15-,28-27-. The third-order valence-corrected chi connectivity index (χ3v) is 11.9. The zero-order valence-electron chi connectivity index (χ0n) is 40.9. The molecule has 0 amide bonds. The van der Waals surface area contributed by atoms with Crippen LogP contribution in [0, 0.1) is 0 Å². The first kappa shape index (κ1) is 58.9. The maximum Gasteiger partial charge on any atom is 0.306 e. The molecule has 0 aliphatic carbocycles. The van der Waals surface area contributed by atoms with Crippen LogP contribution in [0.4, 0.5) is 0 Å². The smallest absolute Gasteiger partial charge is 0.306 e. The normalized spacial score (nSPS) is 12.1. The molecule has 1 atom stereocenters. The minimum absolute atomic E-state index is 0.0735. The van der Waals surface area contributed by atoms with Crippen molar-refractivity contribution in [1.82, 2.24) is 0 Å². The lowest BCUT2D eigenvalue weighted by Crippen LogP contribution is -2.30. The van der Waals surface area contributed by atoms with Crippen molar-refractivity contribution in [3.63, 3.8) is 0 Å². The Kier molecular flexibility index (Phi) is 48.8. The number of ether oxygens (including phenoxy) is 3. The molecule has 0 spiro atoms. The molecule has 61 heavy (non-hydrogen) atoms. The van der Waals surface area contributed by atoms with Gasteiger partial charge in [0.05, 0.1) is 0 Å². The molecule has 358 valence electrons. The van der Waals surface area contributed by atoms with Gasteiger partial charge in [-0.2, -0.15) is 0 Å². The molecule has 6 heteroatoms. The van der Waals surface area contributed by atoms with Gasteiger partial charge in [-0.1, -0.05) is 231 Å². The third-order valence-electron chi connectivity index (χ3n) is 11.9. The zero-order valence-corrected chi connectivity index (χ0v) is 40.9. The van der Waals surface area contributed by atoms with Crippen LogP contribution in [-0.2, 0) is 28.6 Å². The molecule has 0 aromatic heterocycles. The number of hydrogen-bond acceptors (Lipinski definition) is 6. The SMILES string of the molecule is CCCC/C=C\CCCCCCC(=O)OCC(COC(=O)CCCCCCCCC/C=C\CCCCCCCCCC)OC(=O)CCCCCCCCCCCCCCCC. The Morgan fingerprint density at radius 2 is 0.557 bits per heavy atom. The summed E-state index contributed by atoms with van der Waals surface area (Å²) in [6.45, 7) is 6.61. The Hall–Kier alpha value is -2.11. The van der Waals surface area contributed by atoms with E-state index in [1.165, 1.54) is 173 Å². The van der Waals surface area contributed by atoms with Crippen LogP contribution in [0.25, 0.3) is 0 Å². The van der Waals surface area contributed by atoms with Crippen molar-refractivity contribution in [3.8, 4) is 0 Å². The van der Waals surface area contributed by atoms with Gasteiger partial charge in [0, 0.05) is 19.3 Å². The largest absolute Gasteiger partial charge is 0.462 e. The van der Waals surface area contributed by atoms with Crippen LogP contribution in [0.5, 0.6) is 0 Å². The molecule has 0 saturated heterocycles. The topological polar surface area (TPSA) is 78.9 Å². The maximum atomic E-state index is 12.8. The van der Waals surface area contributed by atoms with E-state index in [9.17, 15) is 14.4 Å². The fourth-order valence-electron chi connectivity index (χ4n) is 7.83. The van der Waals surface area contributed by atoms with E-state index >= 15 is 0 Å². The first-order chi connectivity index (χ1) is 30.0. The number of rotatable bonds is 49. The van der Waals surface area contributed by atoms with E-state index in [1.807, 2.05) is 0 Å². The number of esters is 3. The highest BCUT2D eigenvalue weighted by atomic mass is 16.6. The van der Waals surface area contributed by atoms with Gasteiger partial charge in [-0.3, -0.25) is 14.4 Å². The van der Waals surface area contributed by atoms with E-state index in [-0.39, 0.29) is 31.1 Å². The van der Waals surface area contributed by atoms with Crippen LogP contribution in [0.2, 0.25) is 0 Å². The summed E-state index contributed by atoms with van der Waals surface area (Å²) in [4.78, 5) is 37.9. The van der Waals surface area contributed by atoms with Gasteiger partial charge >= 0.3 is 17.9 Å². The summed E-state index contributed by atoms with van der Waals surface area (Å²) in [5.74, 6) is -0.878. The minimum Gasteiger partial charge on any atom is -0.462 e. The molecular weight excluding hydrogens is 757 g/mol. The summed E-state index contributed by atoms with van der Waals surface area (Å²) in [5.41, 5.74) is 0. The molecular formula is C55H102O6. The molecule has 0 heterocycles. The zero-order chi connectivity index (χ0) is 44.4. The summed E-state index contributed by atoms with van der Waals surface area (Å²) in [7, 11) is 0. The fraction of sp³-hybridized carbons (Fsp3) is 0.873. The highest BCUT2D eigenvalue weighted by Gasteiger charge is 2.19. The van der Waals surface area contributed by atoms with Gasteiger partial charge in [-0.15, -0.1) is 0 Å². The summed E-state index contributed by atoms with van der Waals surface area (Å²) in [6, 6.07) is 0. The van der Waals surface area contributed by atoms with E-state index in [0.29, 0.717) is 19.3 Å². The number of allylic oxidation sites excluding steroid dienone is 4. The first-order valence-corrected chi connectivity index (χ1v) is 26.8. The Morgan fingerprint density at radius 1 is 0.311 bits per heavy atom. The van der Waals surface area contributed by atoms with Crippen molar-refractivity contribution in [3.05, 3.63) is 24.3 Å². The van der Waals surface area contributed by atoms with E-state index in [1.54, 1.807) is 0 Å². The predicted molar refractivity (Wildman–Crippen MR) is 261 cm³/mol. The monoisotopic (exact) mass is 859 g/mol. The molecule has 0 fully saturated rings. The fourth-order valence-corrected chi connectivity index (χ4v) is 7.83. The predicted octanol–water partition coefficient (Wildman–Crippen LogP) is 17.5. The molecule has 0 bridgehead atoms. The van der Waals surface area contributed by atoms with Gasteiger partial charge < -0.3 is 14.2 Å². The Balaban J connectivity index is 4.28. The van der Waals surface area contributed by atoms with Crippen LogP contribution in [-0.4, -0.2) is 37.2 Å². The molecule has 0 N–H and O–H groups in total. The highest BCUT2D eigenvalue weighted by Crippen LogP contribution is 2.16. The number of carbonyl (C=O) groups is 3. The third kappa shape index (κ3) is 48.8. The van der Waals surface area contributed by atoms with Gasteiger partial charge in [0.25, 0.3) is 0 Å². The van der Waals surface area contributed by atoms with E-state index in [2.05, 4.69) is 45.1 Å². The van der Waals surface area contributed by atoms with Crippen LogP contribution >= 0.6 is 0 Å². The maximum absolute atomic E-state index is 12.8. The molecule has 0 radical (unpaired) electrons. The Bertz CT molecular complexity index is 989. The lowest BCUT2D eigenvalue weighted by molar-refractivity contribution is -0.167. The first-order valence-electron chi connectivity index (χ1n) is 26.8. The molecule has 0 aliphatic heterocycles. The van der Waals surface area contributed by atoms with Crippen molar-refractivity contribution in [2.24, 2.45) is 0 Å². The number of carbonyl (C=O) groups excluding carboxylic acids is 3. The number of unbranched alkanes of at least 4 members (excludes halogenated alkanes) is 34. The summed E-state index contributed by atoms with van der Waals surface area (Å²) in [5, 5.41) is 0. The summed E-state index contributed by atoms with van der Waals surface area (Å²) < 4.78 is 16.8. The summed E-state index contributed by atoms with van der Waals surface area (Å²) in [6.07, 6.45) is 57.4. The molecule has 0 aromatic rings. The van der Waals surface area contributed by atoms with Crippen LogP contribution in [0.1, 0.15) is 290 Å². The van der Waals surface area contributed by atoms with Crippen molar-refractivity contribution in [2.45, 2.75) is 297 Å². The van der Waals surface area contributed by atoms with Crippen molar-refractivity contribution < 1.29 is 28.6 Å². The second-order valence-corrected chi connectivity index (χ2v) is 18.1. The Morgan fingerprint density at radius 3 is 0.869 bits per heavy atom. The molecule has 0 saturated carbocycles.